The summed E-state index contributed by atoms with van der Waals surface area (Å²) in [6, 6.07) is 13.5. The van der Waals surface area contributed by atoms with Crippen LogP contribution in [0.3, 0.4) is 0 Å². The molecule has 1 aliphatic heterocycles. The fraction of sp³-hybridized carbons (Fsp3) is 0.240. The Morgan fingerprint density at radius 3 is 2.47 bits per heavy atom. The number of rotatable bonds is 3. The number of benzene rings is 2. The second-order valence-electron chi connectivity index (χ2n) is 9.07. The number of carbonyl (C=O) groups excluding carboxylic acids is 2. The Kier molecular flexibility index (Phi) is 6.39. The van der Waals surface area contributed by atoms with Gasteiger partial charge in [0.05, 0.1) is 33.3 Å². The van der Waals surface area contributed by atoms with E-state index in [-0.39, 0.29) is 34.0 Å². The lowest BCUT2D eigenvalue weighted by Crippen LogP contribution is -2.49. The number of nitrogens with one attached hydrogen (secondary N) is 1. The molecular weight excluding hydrogens is 495 g/mol. The van der Waals surface area contributed by atoms with Crippen LogP contribution in [0.1, 0.15) is 48.5 Å². The molecule has 174 valence electrons. The van der Waals surface area contributed by atoms with Crippen LogP contribution in [0.2, 0.25) is 15.1 Å². The van der Waals surface area contributed by atoms with Crippen LogP contribution in [0, 0.1) is 16.7 Å². The summed E-state index contributed by atoms with van der Waals surface area (Å²) in [4.78, 5) is 26.5. The first kappa shape index (κ1) is 24.2. The number of ketones is 1. The second-order valence-corrected chi connectivity index (χ2v) is 10.3. The van der Waals surface area contributed by atoms with Crippen molar-refractivity contribution >= 4 is 46.5 Å². The Bertz CT molecular complexity index is 1310. The molecule has 1 heterocycles. The molecule has 2 aliphatic rings. The highest BCUT2D eigenvalue weighted by atomic mass is 35.5. The normalized spacial score (nSPS) is 19.6. The van der Waals surface area contributed by atoms with E-state index in [0.717, 1.165) is 0 Å². The van der Waals surface area contributed by atoms with Gasteiger partial charge >= 0.3 is 0 Å². The molecule has 3 N–H and O–H groups in total. The summed E-state index contributed by atoms with van der Waals surface area (Å²) in [7, 11) is 0. The van der Waals surface area contributed by atoms with E-state index >= 15 is 0 Å². The van der Waals surface area contributed by atoms with E-state index in [4.69, 9.17) is 40.5 Å². The van der Waals surface area contributed by atoms with Gasteiger partial charge in [0.25, 0.3) is 5.91 Å². The molecule has 0 aromatic heterocycles. The standard InChI is InChI=1S/C25H21Cl3N4O2/c1-25(2)10-18-21(19(33)11-25)20(15-4-3-5-17(27)22(15)28)16(12-29)23(30)32(18)31-24(34)13-6-8-14(26)9-7-13/h3-9,20H,10-11,30H2,1-2H3,(H,31,34). The van der Waals surface area contributed by atoms with Crippen molar-refractivity contribution < 1.29 is 9.59 Å². The Morgan fingerprint density at radius 2 is 1.82 bits per heavy atom. The molecule has 34 heavy (non-hydrogen) atoms. The Hall–Kier alpha value is -2.98. The fourth-order valence-corrected chi connectivity index (χ4v) is 5.00. The van der Waals surface area contributed by atoms with E-state index in [1.807, 2.05) is 13.8 Å². The van der Waals surface area contributed by atoms with Crippen molar-refractivity contribution in [1.29, 1.82) is 5.26 Å². The number of amides is 1. The molecule has 1 aliphatic carbocycles. The highest BCUT2D eigenvalue weighted by Crippen LogP contribution is 2.50. The molecule has 2 aromatic carbocycles. The first-order valence-electron chi connectivity index (χ1n) is 10.5. The van der Waals surface area contributed by atoms with Gasteiger partial charge in [-0.3, -0.25) is 15.0 Å². The van der Waals surface area contributed by atoms with E-state index in [0.29, 0.717) is 38.9 Å². The largest absolute Gasteiger partial charge is 0.383 e. The summed E-state index contributed by atoms with van der Waals surface area (Å²) >= 11 is 18.7. The number of Topliss-reactive ketones (excluding diaryl/α,β-unsaturated/α-hetero) is 1. The number of carbonyl (C=O) groups is 2. The van der Waals surface area contributed by atoms with Crippen LogP contribution >= 0.6 is 34.8 Å². The monoisotopic (exact) mass is 514 g/mol. The molecule has 0 saturated heterocycles. The second kappa shape index (κ2) is 8.99. The summed E-state index contributed by atoms with van der Waals surface area (Å²) in [5.41, 5.74) is 10.7. The molecule has 0 bridgehead atoms. The van der Waals surface area contributed by atoms with Crippen molar-refractivity contribution in [3.8, 4) is 6.07 Å². The average Bonchev–Trinajstić information content (AvgIpc) is 2.77. The predicted molar refractivity (Wildman–Crippen MR) is 132 cm³/mol. The van der Waals surface area contributed by atoms with E-state index in [1.54, 1.807) is 42.5 Å². The zero-order valence-corrected chi connectivity index (χ0v) is 20.7. The molecule has 1 amide bonds. The summed E-state index contributed by atoms with van der Waals surface area (Å²) in [5.74, 6) is -1.37. The minimum Gasteiger partial charge on any atom is -0.383 e. The molecular formula is C25H21Cl3N4O2. The van der Waals surface area contributed by atoms with Gasteiger partial charge in [0.15, 0.2) is 5.78 Å². The lowest BCUT2D eigenvalue weighted by Gasteiger charge is -2.43. The molecule has 6 nitrogen and oxygen atoms in total. The van der Waals surface area contributed by atoms with Crippen LogP contribution in [0.15, 0.2) is 65.1 Å². The van der Waals surface area contributed by atoms with Crippen molar-refractivity contribution in [2.75, 3.05) is 0 Å². The topological polar surface area (TPSA) is 99.2 Å². The fourth-order valence-electron chi connectivity index (χ4n) is 4.46. The summed E-state index contributed by atoms with van der Waals surface area (Å²) in [6.07, 6.45) is 0.723. The minimum absolute atomic E-state index is 0.0232. The third kappa shape index (κ3) is 4.27. The molecule has 0 spiro atoms. The number of hydrogen-bond acceptors (Lipinski definition) is 5. The lowest BCUT2D eigenvalue weighted by molar-refractivity contribution is -0.118. The van der Waals surface area contributed by atoms with E-state index in [2.05, 4.69) is 11.5 Å². The number of nitriles is 1. The van der Waals surface area contributed by atoms with Gasteiger partial charge in [0.2, 0.25) is 0 Å². The molecule has 9 heteroatoms. The molecule has 4 rings (SSSR count). The zero-order chi connectivity index (χ0) is 24.8. The van der Waals surface area contributed by atoms with Gasteiger partial charge in [0, 0.05) is 22.6 Å². The van der Waals surface area contributed by atoms with Crippen LogP contribution in [-0.2, 0) is 4.79 Å². The zero-order valence-electron chi connectivity index (χ0n) is 18.5. The smallest absolute Gasteiger partial charge is 0.270 e. The highest BCUT2D eigenvalue weighted by Gasteiger charge is 2.45. The van der Waals surface area contributed by atoms with Crippen molar-refractivity contribution in [3.05, 3.63) is 91.3 Å². The number of nitrogens with zero attached hydrogens (tertiary/aromatic N) is 2. The molecule has 1 unspecified atom stereocenters. The molecule has 2 aromatic rings. The van der Waals surface area contributed by atoms with E-state index < -0.39 is 11.8 Å². The van der Waals surface area contributed by atoms with E-state index in [9.17, 15) is 14.9 Å². The maximum atomic E-state index is 13.5. The number of allylic oxidation sites excluding steroid dienone is 3. The number of nitrogens with two attached hydrogens (primary N) is 1. The third-order valence-electron chi connectivity index (χ3n) is 5.99. The van der Waals surface area contributed by atoms with Crippen LogP contribution < -0.4 is 11.2 Å². The summed E-state index contributed by atoms with van der Waals surface area (Å²) in [5, 5.41) is 12.5. The first-order chi connectivity index (χ1) is 16.0. The molecule has 0 radical (unpaired) electrons. The van der Waals surface area contributed by atoms with Crippen molar-refractivity contribution in [3.63, 3.8) is 0 Å². The van der Waals surface area contributed by atoms with Crippen molar-refractivity contribution in [2.24, 2.45) is 11.1 Å². The Morgan fingerprint density at radius 1 is 1.15 bits per heavy atom. The minimum atomic E-state index is -0.793. The van der Waals surface area contributed by atoms with Crippen LogP contribution in [-0.4, -0.2) is 16.7 Å². The van der Waals surface area contributed by atoms with Gasteiger partial charge < -0.3 is 5.73 Å². The van der Waals surface area contributed by atoms with Gasteiger partial charge in [-0.2, -0.15) is 5.26 Å². The van der Waals surface area contributed by atoms with Gasteiger partial charge in [0.1, 0.15) is 5.82 Å². The van der Waals surface area contributed by atoms with Crippen molar-refractivity contribution in [1.82, 2.24) is 10.4 Å². The molecule has 0 saturated carbocycles. The maximum Gasteiger partial charge on any atom is 0.270 e. The van der Waals surface area contributed by atoms with Crippen LogP contribution in [0.4, 0.5) is 0 Å². The Balaban J connectivity index is 1.88. The number of hydrogen-bond donors (Lipinski definition) is 2. The number of halogens is 3. The predicted octanol–water partition coefficient (Wildman–Crippen LogP) is 5.73. The third-order valence-corrected chi connectivity index (χ3v) is 7.08. The molecule has 1 atom stereocenters. The average molecular weight is 516 g/mol. The first-order valence-corrected chi connectivity index (χ1v) is 11.6. The quantitative estimate of drug-likeness (QED) is 0.544. The van der Waals surface area contributed by atoms with Gasteiger partial charge in [-0.25, -0.2) is 5.01 Å². The lowest BCUT2D eigenvalue weighted by atomic mass is 9.69. The Labute approximate surface area is 212 Å². The SMILES string of the molecule is CC1(C)CC(=O)C2=C(C1)N(NC(=O)c1ccc(Cl)cc1)C(N)=C(C#N)C2c1cccc(Cl)c1Cl. The maximum absolute atomic E-state index is 13.5. The highest BCUT2D eigenvalue weighted by molar-refractivity contribution is 6.42. The van der Waals surface area contributed by atoms with Gasteiger partial charge in [-0.1, -0.05) is 60.8 Å². The van der Waals surface area contributed by atoms with Crippen molar-refractivity contribution in [2.45, 2.75) is 32.6 Å². The van der Waals surface area contributed by atoms with Crippen LogP contribution in [0.5, 0.6) is 0 Å². The van der Waals surface area contributed by atoms with E-state index in [1.165, 1.54) is 5.01 Å². The molecule has 0 fully saturated rings. The summed E-state index contributed by atoms with van der Waals surface area (Å²) < 4.78 is 0. The van der Waals surface area contributed by atoms with Gasteiger partial charge in [-0.15, -0.1) is 0 Å². The number of hydrazine groups is 1. The van der Waals surface area contributed by atoms with Gasteiger partial charge in [-0.05, 0) is 47.7 Å². The van der Waals surface area contributed by atoms with Crippen LogP contribution in [0.25, 0.3) is 0 Å². The summed E-state index contributed by atoms with van der Waals surface area (Å²) in [6.45, 7) is 3.93.